The topological polar surface area (TPSA) is 58.6 Å². The Balaban J connectivity index is 1.73. The van der Waals surface area contributed by atoms with Crippen LogP contribution in [0.1, 0.15) is 22.8 Å². The molecule has 0 aliphatic carbocycles. The van der Waals surface area contributed by atoms with Crippen molar-refractivity contribution in [2.45, 2.75) is 19.6 Å². The van der Waals surface area contributed by atoms with Crippen LogP contribution >= 0.6 is 11.6 Å². The third-order valence-corrected chi connectivity index (χ3v) is 4.18. The summed E-state index contributed by atoms with van der Waals surface area (Å²) in [6, 6.07) is 12.3. The lowest BCUT2D eigenvalue weighted by atomic mass is 10.1. The predicted octanol–water partition coefficient (Wildman–Crippen LogP) is 3.01. The number of nitrogens with zero attached hydrogens (tertiary/aromatic N) is 1. The number of likely N-dealkylation sites (N-methyl/N-ethyl adjacent to an activating group) is 1. The van der Waals surface area contributed by atoms with E-state index in [1.54, 1.807) is 49.2 Å². The largest absolute Gasteiger partial charge is 0.479 e. The number of amides is 2. The van der Waals surface area contributed by atoms with Gasteiger partial charge in [0.1, 0.15) is 5.75 Å². The number of hydrogen-bond acceptors (Lipinski definition) is 3. The summed E-state index contributed by atoms with van der Waals surface area (Å²) in [7, 11) is 1.69. The zero-order chi connectivity index (χ0) is 17.3. The van der Waals surface area contributed by atoms with Crippen molar-refractivity contribution in [3.8, 4) is 5.75 Å². The third kappa shape index (κ3) is 3.21. The van der Waals surface area contributed by atoms with Crippen molar-refractivity contribution in [2.75, 3.05) is 11.9 Å². The van der Waals surface area contributed by atoms with E-state index in [1.807, 2.05) is 12.1 Å². The first-order valence-electron chi connectivity index (χ1n) is 7.56. The fourth-order valence-electron chi connectivity index (χ4n) is 2.55. The molecule has 1 aliphatic heterocycles. The second-order valence-electron chi connectivity index (χ2n) is 5.65. The predicted molar refractivity (Wildman–Crippen MR) is 92.6 cm³/mol. The number of carbonyl (C=O) groups is 2. The van der Waals surface area contributed by atoms with E-state index in [0.29, 0.717) is 28.6 Å². The van der Waals surface area contributed by atoms with Gasteiger partial charge in [-0.15, -0.1) is 0 Å². The van der Waals surface area contributed by atoms with Crippen molar-refractivity contribution in [3.63, 3.8) is 0 Å². The normalized spacial score (nSPS) is 16.4. The number of ether oxygens (including phenoxy) is 1. The van der Waals surface area contributed by atoms with Crippen LogP contribution < -0.4 is 15.0 Å². The van der Waals surface area contributed by atoms with Gasteiger partial charge < -0.3 is 15.0 Å². The van der Waals surface area contributed by atoms with Gasteiger partial charge in [-0.05, 0) is 42.8 Å². The molecule has 2 aromatic rings. The van der Waals surface area contributed by atoms with Crippen LogP contribution in [0.25, 0.3) is 0 Å². The van der Waals surface area contributed by atoms with Crippen LogP contribution in [-0.4, -0.2) is 25.0 Å². The highest BCUT2D eigenvalue weighted by Gasteiger charge is 2.29. The summed E-state index contributed by atoms with van der Waals surface area (Å²) < 4.78 is 5.60. The molecule has 3 rings (SSSR count). The van der Waals surface area contributed by atoms with Crippen molar-refractivity contribution >= 4 is 29.1 Å². The van der Waals surface area contributed by atoms with Gasteiger partial charge in [-0.3, -0.25) is 9.59 Å². The SMILES string of the molecule is CC1Oc2cc(C(=O)NCc3ccc(Cl)cc3)ccc2N(C)C1=O. The van der Waals surface area contributed by atoms with Gasteiger partial charge in [0.25, 0.3) is 11.8 Å². The van der Waals surface area contributed by atoms with Gasteiger partial charge in [-0.2, -0.15) is 0 Å². The van der Waals surface area contributed by atoms with Crippen LogP contribution in [0.4, 0.5) is 5.69 Å². The highest BCUT2D eigenvalue weighted by atomic mass is 35.5. The van der Waals surface area contributed by atoms with Gasteiger partial charge in [0, 0.05) is 24.2 Å². The average molecular weight is 345 g/mol. The molecule has 24 heavy (non-hydrogen) atoms. The lowest BCUT2D eigenvalue weighted by Gasteiger charge is -2.30. The number of carbonyl (C=O) groups excluding carboxylic acids is 2. The van der Waals surface area contributed by atoms with E-state index in [0.717, 1.165) is 5.56 Å². The molecule has 0 saturated heterocycles. The minimum Gasteiger partial charge on any atom is -0.479 e. The highest BCUT2D eigenvalue weighted by Crippen LogP contribution is 2.33. The van der Waals surface area contributed by atoms with Crippen LogP contribution in [0.2, 0.25) is 5.02 Å². The monoisotopic (exact) mass is 344 g/mol. The van der Waals surface area contributed by atoms with Crippen molar-refractivity contribution in [1.29, 1.82) is 0 Å². The molecule has 0 spiro atoms. The van der Waals surface area contributed by atoms with E-state index in [2.05, 4.69) is 5.32 Å². The van der Waals surface area contributed by atoms with Crippen molar-refractivity contribution < 1.29 is 14.3 Å². The molecule has 124 valence electrons. The molecule has 1 aliphatic rings. The van der Waals surface area contributed by atoms with E-state index in [9.17, 15) is 9.59 Å². The molecule has 2 aromatic carbocycles. The molecule has 5 nitrogen and oxygen atoms in total. The van der Waals surface area contributed by atoms with Crippen molar-refractivity contribution in [2.24, 2.45) is 0 Å². The van der Waals surface area contributed by atoms with Gasteiger partial charge in [0.2, 0.25) is 0 Å². The molecule has 0 radical (unpaired) electrons. The van der Waals surface area contributed by atoms with Crippen LogP contribution in [0.15, 0.2) is 42.5 Å². The summed E-state index contributed by atoms with van der Waals surface area (Å²) in [6.45, 7) is 2.10. The summed E-state index contributed by atoms with van der Waals surface area (Å²) >= 11 is 5.84. The first-order chi connectivity index (χ1) is 11.5. The van der Waals surface area contributed by atoms with Crippen LogP contribution in [0.5, 0.6) is 5.75 Å². The number of rotatable bonds is 3. The first kappa shape index (κ1) is 16.3. The molecule has 1 unspecified atom stereocenters. The lowest BCUT2D eigenvalue weighted by Crippen LogP contribution is -2.42. The van der Waals surface area contributed by atoms with Crippen molar-refractivity contribution in [1.82, 2.24) is 5.32 Å². The van der Waals surface area contributed by atoms with Gasteiger partial charge in [0.05, 0.1) is 5.69 Å². The van der Waals surface area contributed by atoms with E-state index in [4.69, 9.17) is 16.3 Å². The van der Waals surface area contributed by atoms with E-state index in [-0.39, 0.29) is 11.8 Å². The molecule has 0 saturated carbocycles. The Morgan fingerprint density at radius 3 is 2.67 bits per heavy atom. The second-order valence-corrected chi connectivity index (χ2v) is 6.09. The summed E-state index contributed by atoms with van der Waals surface area (Å²) in [5, 5.41) is 3.51. The minimum atomic E-state index is -0.560. The number of hydrogen-bond donors (Lipinski definition) is 1. The number of benzene rings is 2. The van der Waals surface area contributed by atoms with Gasteiger partial charge in [-0.1, -0.05) is 23.7 Å². The minimum absolute atomic E-state index is 0.109. The quantitative estimate of drug-likeness (QED) is 0.931. The Morgan fingerprint density at radius 1 is 1.25 bits per heavy atom. The van der Waals surface area contributed by atoms with Gasteiger partial charge >= 0.3 is 0 Å². The summed E-state index contributed by atoms with van der Waals surface area (Å²) in [5.74, 6) is 0.217. The Morgan fingerprint density at radius 2 is 1.96 bits per heavy atom. The van der Waals surface area contributed by atoms with Crippen LogP contribution in [-0.2, 0) is 11.3 Å². The van der Waals surface area contributed by atoms with E-state index >= 15 is 0 Å². The number of fused-ring (bicyclic) bond motifs is 1. The summed E-state index contributed by atoms with van der Waals surface area (Å²) in [4.78, 5) is 25.8. The number of nitrogens with one attached hydrogen (secondary N) is 1. The van der Waals surface area contributed by atoms with Crippen LogP contribution in [0.3, 0.4) is 0 Å². The lowest BCUT2D eigenvalue weighted by molar-refractivity contribution is -0.125. The maximum absolute atomic E-state index is 12.3. The molecule has 0 fully saturated rings. The van der Waals surface area contributed by atoms with E-state index in [1.165, 1.54) is 0 Å². The molecule has 0 bridgehead atoms. The third-order valence-electron chi connectivity index (χ3n) is 3.93. The molecule has 1 heterocycles. The molecule has 1 atom stereocenters. The maximum Gasteiger partial charge on any atom is 0.267 e. The molecule has 6 heteroatoms. The Hall–Kier alpha value is -2.53. The van der Waals surface area contributed by atoms with Crippen LogP contribution in [0, 0.1) is 0 Å². The van der Waals surface area contributed by atoms with Crippen molar-refractivity contribution in [3.05, 3.63) is 58.6 Å². The summed E-state index contributed by atoms with van der Waals surface area (Å²) in [6.07, 6.45) is -0.560. The number of anilines is 1. The zero-order valence-corrected chi connectivity index (χ0v) is 14.1. The Bertz CT molecular complexity index is 789. The summed E-state index contributed by atoms with van der Waals surface area (Å²) in [5.41, 5.74) is 2.10. The zero-order valence-electron chi connectivity index (χ0n) is 13.4. The van der Waals surface area contributed by atoms with Gasteiger partial charge in [-0.25, -0.2) is 0 Å². The molecular weight excluding hydrogens is 328 g/mol. The first-order valence-corrected chi connectivity index (χ1v) is 7.94. The van der Waals surface area contributed by atoms with E-state index < -0.39 is 6.10 Å². The standard InChI is InChI=1S/C18H17ClN2O3/c1-11-18(23)21(2)15-8-5-13(9-16(15)24-11)17(22)20-10-12-3-6-14(19)7-4-12/h3-9,11H,10H2,1-2H3,(H,20,22). The molecule has 0 aromatic heterocycles. The fourth-order valence-corrected chi connectivity index (χ4v) is 2.67. The Kier molecular flexibility index (Phi) is 4.44. The molecular formula is C18H17ClN2O3. The number of halogens is 1. The molecule has 1 N–H and O–H groups in total. The second kappa shape index (κ2) is 6.53. The molecule has 2 amide bonds. The fraction of sp³-hybridized carbons (Fsp3) is 0.222. The van der Waals surface area contributed by atoms with Gasteiger partial charge in [0.15, 0.2) is 6.10 Å². The Labute approximate surface area is 145 Å². The smallest absolute Gasteiger partial charge is 0.267 e. The average Bonchev–Trinajstić information content (AvgIpc) is 2.58. The maximum atomic E-state index is 12.3. The highest BCUT2D eigenvalue weighted by molar-refractivity contribution is 6.30.